The molecule has 214 valence electrons. The molecule has 1 aliphatic rings. The van der Waals surface area contributed by atoms with Gasteiger partial charge in [0.25, 0.3) is 0 Å². The minimum atomic E-state index is -4.57. The summed E-state index contributed by atoms with van der Waals surface area (Å²) in [5.74, 6) is -0.467. The highest BCUT2D eigenvalue weighted by atomic mass is 19.4. The lowest BCUT2D eigenvalue weighted by Gasteiger charge is -2.29. The van der Waals surface area contributed by atoms with Crippen LogP contribution in [0.4, 0.5) is 24.5 Å². The molecule has 1 aliphatic heterocycles. The van der Waals surface area contributed by atoms with Crippen LogP contribution in [0.5, 0.6) is 0 Å². The van der Waals surface area contributed by atoms with Gasteiger partial charge in [-0.3, -0.25) is 10.1 Å². The smallest absolute Gasteiger partial charge is 0.383 e. The number of nitrogens with one attached hydrogen (secondary N) is 3. The Morgan fingerprint density at radius 1 is 0.925 bits per heavy atom. The third-order valence-corrected chi connectivity index (χ3v) is 7.06. The maximum Gasteiger partial charge on any atom is 0.407 e. The van der Waals surface area contributed by atoms with Gasteiger partial charge in [0.2, 0.25) is 5.91 Å². The van der Waals surface area contributed by atoms with E-state index >= 15 is 0 Å². The van der Waals surface area contributed by atoms with Gasteiger partial charge in [-0.1, -0.05) is 67.6 Å². The van der Waals surface area contributed by atoms with Gasteiger partial charge >= 0.3 is 6.18 Å². The molecule has 0 unspecified atom stereocenters. The van der Waals surface area contributed by atoms with E-state index in [1.807, 2.05) is 61.5 Å². The van der Waals surface area contributed by atoms with Crippen LogP contribution in [-0.2, 0) is 16.0 Å². The fourth-order valence-electron chi connectivity index (χ4n) is 4.76. The average molecular weight is 555 g/mol. The molecule has 3 aromatic carbocycles. The zero-order valence-corrected chi connectivity index (χ0v) is 22.7. The van der Waals surface area contributed by atoms with Crippen molar-refractivity contribution in [3.63, 3.8) is 0 Å². The summed E-state index contributed by atoms with van der Waals surface area (Å²) in [4.78, 5) is 15.7. The number of benzene rings is 3. The highest BCUT2D eigenvalue weighted by Crippen LogP contribution is 2.33. The summed E-state index contributed by atoms with van der Waals surface area (Å²) in [6, 6.07) is 21.5. The molecule has 0 saturated carbocycles. The lowest BCUT2D eigenvalue weighted by atomic mass is 10.0. The molecule has 4 rings (SSSR count). The van der Waals surface area contributed by atoms with E-state index in [2.05, 4.69) is 20.9 Å². The van der Waals surface area contributed by atoms with E-state index in [0.29, 0.717) is 26.2 Å². The molecular formula is C31H37F3N4O2. The van der Waals surface area contributed by atoms with Crippen LogP contribution in [0, 0.1) is 0 Å². The first-order valence-corrected chi connectivity index (χ1v) is 13.7. The van der Waals surface area contributed by atoms with Gasteiger partial charge < -0.3 is 20.3 Å². The summed E-state index contributed by atoms with van der Waals surface area (Å²) < 4.78 is 47.8. The number of amides is 1. The number of nitrogens with zero attached hydrogens (tertiary/aromatic N) is 1. The molecule has 6 nitrogen and oxygen atoms in total. The summed E-state index contributed by atoms with van der Waals surface area (Å²) in [7, 11) is 0. The normalized spacial score (nSPS) is 16.1. The molecule has 1 fully saturated rings. The number of hydrogen-bond acceptors (Lipinski definition) is 5. The third-order valence-electron chi connectivity index (χ3n) is 7.06. The molecule has 40 heavy (non-hydrogen) atoms. The van der Waals surface area contributed by atoms with E-state index < -0.39 is 24.2 Å². The number of anilines is 2. The van der Waals surface area contributed by atoms with Crippen molar-refractivity contribution in [1.82, 2.24) is 10.6 Å². The number of alkyl halides is 3. The summed E-state index contributed by atoms with van der Waals surface area (Å²) in [6.07, 6.45) is -3.83. The molecule has 0 bridgehead atoms. The Morgan fingerprint density at radius 2 is 1.55 bits per heavy atom. The van der Waals surface area contributed by atoms with Crippen molar-refractivity contribution in [2.45, 2.75) is 44.1 Å². The first-order chi connectivity index (χ1) is 19.3. The molecule has 3 N–H and O–H groups in total. The molecule has 0 spiro atoms. The van der Waals surface area contributed by atoms with Crippen molar-refractivity contribution in [3.05, 3.63) is 96.1 Å². The van der Waals surface area contributed by atoms with Crippen LogP contribution < -0.4 is 20.9 Å². The van der Waals surface area contributed by atoms with Gasteiger partial charge in [0, 0.05) is 37.1 Å². The number of halogens is 3. The van der Waals surface area contributed by atoms with Crippen molar-refractivity contribution in [1.29, 1.82) is 0 Å². The van der Waals surface area contributed by atoms with E-state index in [-0.39, 0.29) is 18.0 Å². The van der Waals surface area contributed by atoms with Gasteiger partial charge in [0.05, 0.1) is 19.3 Å². The monoisotopic (exact) mass is 554 g/mol. The topological polar surface area (TPSA) is 65.6 Å². The number of rotatable bonds is 12. The average Bonchev–Trinajstić information content (AvgIpc) is 2.98. The standard InChI is InChI=1S/C31H37F3N4O2/c1-2-25(22-35-26-13-15-27(16-14-26)38-17-19-40-20-18-38)36-30(39)28(21-23-9-5-3-6-10-23)37-29(31(32,33)34)24-11-7-4-8-12-24/h3-16,25,28-29,35,37H,2,17-22H2,1H3,(H,36,39)/t25-,28-,29-/m0/s1. The first kappa shape index (κ1) is 29.4. The number of morpholine rings is 1. The fourth-order valence-corrected chi connectivity index (χ4v) is 4.76. The maximum absolute atomic E-state index is 14.1. The number of ether oxygens (including phenoxy) is 1. The van der Waals surface area contributed by atoms with Gasteiger partial charge in [0.15, 0.2) is 0 Å². The van der Waals surface area contributed by atoms with E-state index in [9.17, 15) is 18.0 Å². The molecule has 3 aromatic rings. The van der Waals surface area contributed by atoms with Crippen molar-refractivity contribution >= 4 is 17.3 Å². The molecule has 1 heterocycles. The lowest BCUT2D eigenvalue weighted by Crippen LogP contribution is -2.53. The Labute approximate surface area is 233 Å². The number of hydrogen-bond donors (Lipinski definition) is 3. The zero-order chi connectivity index (χ0) is 28.4. The largest absolute Gasteiger partial charge is 0.407 e. The van der Waals surface area contributed by atoms with E-state index in [1.54, 1.807) is 18.2 Å². The van der Waals surface area contributed by atoms with E-state index in [4.69, 9.17) is 4.74 Å². The second-order valence-electron chi connectivity index (χ2n) is 9.94. The van der Waals surface area contributed by atoms with Crippen LogP contribution >= 0.6 is 0 Å². The molecule has 0 radical (unpaired) electrons. The van der Waals surface area contributed by atoms with E-state index in [1.165, 1.54) is 12.1 Å². The molecule has 0 aromatic heterocycles. The van der Waals surface area contributed by atoms with Gasteiger partial charge in [0.1, 0.15) is 6.04 Å². The van der Waals surface area contributed by atoms with Crippen molar-refractivity contribution in [2.24, 2.45) is 0 Å². The lowest BCUT2D eigenvalue weighted by molar-refractivity contribution is -0.161. The summed E-state index contributed by atoms with van der Waals surface area (Å²) in [5.41, 5.74) is 2.87. The SMILES string of the molecule is CC[C@@H](CNc1ccc(N2CCOCC2)cc1)NC(=O)[C@H](Cc1ccccc1)N[C@@H](c1ccccc1)C(F)(F)F. The highest BCUT2D eigenvalue weighted by Gasteiger charge is 2.42. The maximum atomic E-state index is 14.1. The Bertz CT molecular complexity index is 1170. The van der Waals surface area contributed by atoms with Crippen LogP contribution in [0.1, 0.15) is 30.5 Å². The Hall–Kier alpha value is -3.56. The van der Waals surface area contributed by atoms with Crippen LogP contribution in [-0.4, -0.2) is 57.0 Å². The van der Waals surface area contributed by atoms with Gasteiger partial charge in [-0.25, -0.2) is 0 Å². The van der Waals surface area contributed by atoms with Crippen LogP contribution in [0.3, 0.4) is 0 Å². The molecule has 3 atom stereocenters. The second-order valence-corrected chi connectivity index (χ2v) is 9.94. The summed E-state index contributed by atoms with van der Waals surface area (Å²) in [5, 5.41) is 8.96. The molecule has 0 aliphatic carbocycles. The fraction of sp³-hybridized carbons (Fsp3) is 0.387. The highest BCUT2D eigenvalue weighted by molar-refractivity contribution is 5.82. The Morgan fingerprint density at radius 3 is 2.15 bits per heavy atom. The van der Waals surface area contributed by atoms with Crippen molar-refractivity contribution in [2.75, 3.05) is 43.1 Å². The number of carbonyl (C=O) groups is 1. The number of carbonyl (C=O) groups excluding carboxylic acids is 1. The molecule has 9 heteroatoms. The Balaban J connectivity index is 1.42. The van der Waals surface area contributed by atoms with Crippen LogP contribution in [0.25, 0.3) is 0 Å². The van der Waals surface area contributed by atoms with E-state index in [0.717, 1.165) is 30.0 Å². The Kier molecular flexibility index (Phi) is 10.4. The van der Waals surface area contributed by atoms with Crippen LogP contribution in [0.2, 0.25) is 0 Å². The predicted octanol–water partition coefficient (Wildman–Crippen LogP) is 5.33. The molecule has 1 saturated heterocycles. The summed E-state index contributed by atoms with van der Waals surface area (Å²) in [6.45, 7) is 5.53. The van der Waals surface area contributed by atoms with Gasteiger partial charge in [-0.2, -0.15) is 13.2 Å². The quantitative estimate of drug-likeness (QED) is 0.282. The van der Waals surface area contributed by atoms with Gasteiger partial charge in [-0.05, 0) is 48.2 Å². The summed E-state index contributed by atoms with van der Waals surface area (Å²) >= 11 is 0. The zero-order valence-electron chi connectivity index (χ0n) is 22.7. The minimum Gasteiger partial charge on any atom is -0.383 e. The van der Waals surface area contributed by atoms with Crippen molar-refractivity contribution in [3.8, 4) is 0 Å². The van der Waals surface area contributed by atoms with Gasteiger partial charge in [-0.15, -0.1) is 0 Å². The van der Waals surface area contributed by atoms with Crippen molar-refractivity contribution < 1.29 is 22.7 Å². The van der Waals surface area contributed by atoms with Crippen LogP contribution in [0.15, 0.2) is 84.9 Å². The molecular weight excluding hydrogens is 517 g/mol. The predicted molar refractivity (Wildman–Crippen MR) is 152 cm³/mol. The molecule has 1 amide bonds. The first-order valence-electron chi connectivity index (χ1n) is 13.7. The second kappa shape index (κ2) is 14.2. The third kappa shape index (κ3) is 8.47. The minimum absolute atomic E-state index is 0.0649.